The standard InChI is InChI=1S/C16H16Br2ClN/c1-9-6-13(15(19)7-10(9)2)16(20-3)12-8-11(17)4-5-14(12)18/h4-8,16,20H,1-3H3. The van der Waals surface area contributed by atoms with E-state index in [4.69, 9.17) is 11.6 Å². The number of hydrogen-bond donors (Lipinski definition) is 1. The predicted molar refractivity (Wildman–Crippen MR) is 93.7 cm³/mol. The Labute approximate surface area is 142 Å². The number of aryl methyl sites for hydroxylation is 2. The van der Waals surface area contributed by atoms with Crippen molar-refractivity contribution in [2.24, 2.45) is 0 Å². The van der Waals surface area contributed by atoms with Gasteiger partial charge in [0, 0.05) is 14.0 Å². The van der Waals surface area contributed by atoms with E-state index >= 15 is 0 Å². The van der Waals surface area contributed by atoms with E-state index in [-0.39, 0.29) is 6.04 Å². The molecule has 1 nitrogen and oxygen atoms in total. The molecule has 0 saturated carbocycles. The van der Waals surface area contributed by atoms with Crippen LogP contribution in [0.1, 0.15) is 28.3 Å². The minimum atomic E-state index is 0.0497. The predicted octanol–water partition coefficient (Wildman–Crippen LogP) is 5.79. The summed E-state index contributed by atoms with van der Waals surface area (Å²) in [7, 11) is 1.95. The van der Waals surface area contributed by atoms with Crippen LogP contribution in [0, 0.1) is 13.8 Å². The zero-order chi connectivity index (χ0) is 14.9. The maximum atomic E-state index is 6.45. The van der Waals surface area contributed by atoms with Gasteiger partial charge in [0.05, 0.1) is 6.04 Å². The van der Waals surface area contributed by atoms with Gasteiger partial charge in [-0.05, 0) is 67.4 Å². The van der Waals surface area contributed by atoms with Gasteiger partial charge in [-0.3, -0.25) is 0 Å². The van der Waals surface area contributed by atoms with Gasteiger partial charge in [-0.15, -0.1) is 0 Å². The first kappa shape index (κ1) is 16.0. The summed E-state index contributed by atoms with van der Waals surface area (Å²) >= 11 is 13.6. The Morgan fingerprint density at radius 3 is 2.30 bits per heavy atom. The van der Waals surface area contributed by atoms with E-state index in [1.54, 1.807) is 0 Å². The average Bonchev–Trinajstić information content (AvgIpc) is 2.40. The first-order valence-corrected chi connectivity index (χ1v) is 8.29. The first-order chi connectivity index (χ1) is 9.43. The summed E-state index contributed by atoms with van der Waals surface area (Å²) in [4.78, 5) is 0. The van der Waals surface area contributed by atoms with Gasteiger partial charge in [-0.2, -0.15) is 0 Å². The Morgan fingerprint density at radius 2 is 1.65 bits per heavy atom. The summed E-state index contributed by atoms with van der Waals surface area (Å²) in [6, 6.07) is 10.4. The van der Waals surface area contributed by atoms with Crippen molar-refractivity contribution in [3.63, 3.8) is 0 Å². The molecule has 0 aromatic heterocycles. The normalized spacial score (nSPS) is 12.5. The van der Waals surface area contributed by atoms with E-state index in [2.05, 4.69) is 63.2 Å². The molecule has 0 aliphatic rings. The SMILES string of the molecule is CNC(c1cc(C)c(C)cc1Cl)c1cc(Br)ccc1Br. The molecule has 2 aromatic rings. The van der Waals surface area contributed by atoms with Crippen molar-refractivity contribution in [2.75, 3.05) is 7.05 Å². The zero-order valence-electron chi connectivity index (χ0n) is 11.6. The van der Waals surface area contributed by atoms with Crippen LogP contribution in [-0.2, 0) is 0 Å². The summed E-state index contributed by atoms with van der Waals surface area (Å²) in [5.74, 6) is 0. The highest BCUT2D eigenvalue weighted by molar-refractivity contribution is 9.11. The molecule has 4 heteroatoms. The molecule has 0 fully saturated rings. The zero-order valence-corrected chi connectivity index (χ0v) is 15.5. The maximum Gasteiger partial charge on any atom is 0.0600 e. The molecule has 0 radical (unpaired) electrons. The quantitative estimate of drug-likeness (QED) is 0.666. The number of rotatable bonds is 3. The van der Waals surface area contributed by atoms with Crippen molar-refractivity contribution in [1.82, 2.24) is 5.32 Å². The minimum Gasteiger partial charge on any atom is -0.309 e. The van der Waals surface area contributed by atoms with E-state index in [0.29, 0.717) is 0 Å². The summed E-state index contributed by atoms with van der Waals surface area (Å²) in [5.41, 5.74) is 4.71. The summed E-state index contributed by atoms with van der Waals surface area (Å²) in [6.45, 7) is 4.19. The lowest BCUT2D eigenvalue weighted by Gasteiger charge is -2.21. The molecule has 0 saturated heterocycles. The minimum absolute atomic E-state index is 0.0497. The third kappa shape index (κ3) is 3.28. The molecule has 0 aliphatic heterocycles. The smallest absolute Gasteiger partial charge is 0.0600 e. The molecule has 0 spiro atoms. The Morgan fingerprint density at radius 1 is 1.00 bits per heavy atom. The van der Waals surface area contributed by atoms with Gasteiger partial charge >= 0.3 is 0 Å². The van der Waals surface area contributed by atoms with E-state index < -0.39 is 0 Å². The molecule has 0 aliphatic carbocycles. The van der Waals surface area contributed by atoms with Crippen LogP contribution in [0.15, 0.2) is 39.3 Å². The van der Waals surface area contributed by atoms with Crippen molar-refractivity contribution in [3.8, 4) is 0 Å². The summed E-state index contributed by atoms with van der Waals surface area (Å²) < 4.78 is 2.12. The molecular weight excluding hydrogens is 401 g/mol. The highest BCUT2D eigenvalue weighted by Crippen LogP contribution is 2.35. The summed E-state index contributed by atoms with van der Waals surface area (Å²) in [6.07, 6.45) is 0. The van der Waals surface area contributed by atoms with Gasteiger partial charge in [0.1, 0.15) is 0 Å². The van der Waals surface area contributed by atoms with Crippen LogP contribution in [0.3, 0.4) is 0 Å². The Kier molecular flexibility index (Phi) is 5.30. The van der Waals surface area contributed by atoms with Crippen molar-refractivity contribution in [1.29, 1.82) is 0 Å². The molecule has 1 atom stereocenters. The van der Waals surface area contributed by atoms with Gasteiger partial charge < -0.3 is 5.32 Å². The largest absolute Gasteiger partial charge is 0.309 e. The number of nitrogens with one attached hydrogen (secondary N) is 1. The van der Waals surface area contributed by atoms with Gasteiger partial charge in [0.25, 0.3) is 0 Å². The highest BCUT2D eigenvalue weighted by atomic mass is 79.9. The Balaban J connectivity index is 2.58. The fourth-order valence-corrected chi connectivity index (χ4v) is 3.42. The number of hydrogen-bond acceptors (Lipinski definition) is 1. The fourth-order valence-electron chi connectivity index (χ4n) is 2.24. The molecule has 0 bridgehead atoms. The summed E-state index contributed by atoms with van der Waals surface area (Å²) in [5, 5.41) is 4.15. The topological polar surface area (TPSA) is 12.0 Å². The monoisotopic (exact) mass is 415 g/mol. The molecule has 1 N–H and O–H groups in total. The molecule has 106 valence electrons. The van der Waals surface area contributed by atoms with E-state index in [9.17, 15) is 0 Å². The van der Waals surface area contributed by atoms with Gasteiger partial charge in [0.15, 0.2) is 0 Å². The van der Waals surface area contributed by atoms with Crippen molar-refractivity contribution in [2.45, 2.75) is 19.9 Å². The van der Waals surface area contributed by atoms with Crippen LogP contribution < -0.4 is 5.32 Å². The van der Waals surface area contributed by atoms with Crippen LogP contribution in [0.4, 0.5) is 0 Å². The average molecular weight is 418 g/mol. The molecule has 2 rings (SSSR count). The van der Waals surface area contributed by atoms with E-state index in [1.807, 2.05) is 25.2 Å². The molecule has 0 amide bonds. The lowest BCUT2D eigenvalue weighted by molar-refractivity contribution is 0.688. The van der Waals surface area contributed by atoms with Gasteiger partial charge in [0.2, 0.25) is 0 Å². The van der Waals surface area contributed by atoms with Crippen LogP contribution in [0.2, 0.25) is 5.02 Å². The Hall–Kier alpha value is -0.350. The van der Waals surface area contributed by atoms with Crippen LogP contribution in [-0.4, -0.2) is 7.05 Å². The molecular formula is C16H16Br2ClN. The van der Waals surface area contributed by atoms with E-state index in [1.165, 1.54) is 11.1 Å². The lowest BCUT2D eigenvalue weighted by atomic mass is 9.95. The van der Waals surface area contributed by atoms with Gasteiger partial charge in [-0.25, -0.2) is 0 Å². The Bertz CT molecular complexity index is 641. The third-order valence-electron chi connectivity index (χ3n) is 3.48. The van der Waals surface area contributed by atoms with E-state index in [0.717, 1.165) is 25.1 Å². The molecule has 20 heavy (non-hydrogen) atoms. The number of halogens is 3. The molecule has 1 unspecified atom stereocenters. The van der Waals surface area contributed by atoms with Crippen LogP contribution in [0.25, 0.3) is 0 Å². The van der Waals surface area contributed by atoms with Crippen LogP contribution >= 0.6 is 43.5 Å². The van der Waals surface area contributed by atoms with Crippen molar-refractivity contribution < 1.29 is 0 Å². The fraction of sp³-hybridized carbons (Fsp3) is 0.250. The van der Waals surface area contributed by atoms with Crippen LogP contribution in [0.5, 0.6) is 0 Å². The lowest BCUT2D eigenvalue weighted by Crippen LogP contribution is -2.19. The second-order valence-corrected chi connectivity index (χ2v) is 7.02. The van der Waals surface area contributed by atoms with Crippen molar-refractivity contribution >= 4 is 43.5 Å². The number of benzene rings is 2. The van der Waals surface area contributed by atoms with Crippen molar-refractivity contribution in [3.05, 3.63) is 66.6 Å². The third-order valence-corrected chi connectivity index (χ3v) is 5.02. The molecule has 2 aromatic carbocycles. The maximum absolute atomic E-state index is 6.45. The second kappa shape index (κ2) is 6.61. The van der Waals surface area contributed by atoms with Gasteiger partial charge in [-0.1, -0.05) is 49.5 Å². The second-order valence-electron chi connectivity index (χ2n) is 4.85. The highest BCUT2D eigenvalue weighted by Gasteiger charge is 2.19. The first-order valence-electron chi connectivity index (χ1n) is 6.33. The molecule has 0 heterocycles.